The molecule has 1 unspecified atom stereocenters. The van der Waals surface area contributed by atoms with Crippen LogP contribution in [0.3, 0.4) is 0 Å². The topological polar surface area (TPSA) is 41.7 Å². The van der Waals surface area contributed by atoms with Gasteiger partial charge in [-0.1, -0.05) is 40.8 Å². The fraction of sp³-hybridized carbons (Fsp3) is 0.125. The van der Waals surface area contributed by atoms with Crippen molar-refractivity contribution in [3.8, 4) is 0 Å². The number of alkyl halides is 1. The van der Waals surface area contributed by atoms with Gasteiger partial charge in [-0.3, -0.25) is 4.99 Å². The summed E-state index contributed by atoms with van der Waals surface area (Å²) in [5.41, 5.74) is 2.34. The van der Waals surface area contributed by atoms with Gasteiger partial charge in [-0.15, -0.1) is 0 Å². The van der Waals surface area contributed by atoms with Gasteiger partial charge < -0.3 is 10.1 Å². The molecule has 2 aliphatic heterocycles. The molecule has 4 rings (SSSR count). The van der Waals surface area contributed by atoms with Crippen molar-refractivity contribution in [1.29, 1.82) is 0 Å². The second-order valence-corrected chi connectivity index (χ2v) is 6.55. The molecule has 6 heteroatoms. The van der Waals surface area contributed by atoms with E-state index >= 15 is 0 Å². The van der Waals surface area contributed by atoms with E-state index in [0.717, 1.165) is 10.3 Å². The molecule has 0 saturated heterocycles. The lowest BCUT2D eigenvalue weighted by Gasteiger charge is -2.29. The molecule has 0 N–H and O–H groups in total. The van der Waals surface area contributed by atoms with Gasteiger partial charge in [0.25, 0.3) is 5.71 Å². The van der Waals surface area contributed by atoms with Crippen molar-refractivity contribution in [2.75, 3.05) is 11.4 Å². The maximum Gasteiger partial charge on any atom is 0.267 e. The molecule has 0 aliphatic carbocycles. The second-order valence-electron chi connectivity index (χ2n) is 5.11. The van der Waals surface area contributed by atoms with Gasteiger partial charge >= 0.3 is 0 Å². The highest BCUT2D eigenvalue weighted by Crippen LogP contribution is 2.38. The molecular formula is C16H11FIN3O. The smallest absolute Gasteiger partial charge is 0.267 e. The molecule has 22 heavy (non-hydrogen) atoms. The predicted octanol–water partition coefficient (Wildman–Crippen LogP) is 3.45. The first-order valence-corrected chi connectivity index (χ1v) is 8.08. The van der Waals surface area contributed by atoms with Crippen molar-refractivity contribution in [3.05, 3.63) is 65.1 Å². The van der Waals surface area contributed by atoms with E-state index in [0.29, 0.717) is 29.5 Å². The molecule has 0 bridgehead atoms. The first kappa shape index (κ1) is 13.7. The average Bonchev–Trinajstić information content (AvgIpc) is 2.90. The highest BCUT2D eigenvalue weighted by Gasteiger charge is 2.41. The Labute approximate surface area is 140 Å². The van der Waals surface area contributed by atoms with Crippen LogP contribution in [0.1, 0.15) is 5.56 Å². The van der Waals surface area contributed by atoms with Gasteiger partial charge in [0.2, 0.25) is 11.5 Å². The minimum Gasteiger partial charge on any atom is -0.618 e. The Balaban J connectivity index is 2.01. The minimum atomic E-state index is -0.356. The molecule has 4 nitrogen and oxygen atoms in total. The lowest BCUT2D eigenvalue weighted by atomic mass is 10.1. The zero-order chi connectivity index (χ0) is 15.3. The number of aliphatic imine (C=N–C) groups is 1. The highest BCUT2D eigenvalue weighted by molar-refractivity contribution is 14.1. The molecule has 0 saturated carbocycles. The number of anilines is 1. The van der Waals surface area contributed by atoms with Crippen LogP contribution < -0.4 is 4.90 Å². The van der Waals surface area contributed by atoms with Crippen molar-refractivity contribution in [2.45, 2.75) is 4.05 Å². The summed E-state index contributed by atoms with van der Waals surface area (Å²) in [6.45, 7) is 0.579. The number of benzene rings is 2. The number of nitrogens with zero attached hydrogens (tertiary/aromatic N) is 3. The second kappa shape index (κ2) is 5.05. The number of fused-ring (bicyclic) bond motifs is 3. The molecule has 0 amide bonds. The number of hydrogen-bond donors (Lipinski definition) is 0. The highest BCUT2D eigenvalue weighted by atomic mass is 127. The van der Waals surface area contributed by atoms with Crippen LogP contribution in [0.25, 0.3) is 0 Å². The van der Waals surface area contributed by atoms with Crippen LogP contribution in [0.2, 0.25) is 0 Å². The molecule has 1 atom stereocenters. The molecule has 0 radical (unpaired) electrons. The van der Waals surface area contributed by atoms with Crippen LogP contribution >= 0.6 is 22.6 Å². The maximum atomic E-state index is 13.6. The van der Waals surface area contributed by atoms with Crippen molar-refractivity contribution >= 4 is 45.5 Å². The van der Waals surface area contributed by atoms with E-state index in [1.54, 1.807) is 0 Å². The Bertz CT molecular complexity index is 819. The van der Waals surface area contributed by atoms with E-state index in [1.807, 2.05) is 35.2 Å². The number of hydrogen-bond acceptors (Lipinski definition) is 3. The average molecular weight is 407 g/mol. The molecule has 0 fully saturated rings. The summed E-state index contributed by atoms with van der Waals surface area (Å²) in [4.78, 5) is 6.45. The summed E-state index contributed by atoms with van der Waals surface area (Å²) >= 11 is 2.27. The maximum absolute atomic E-state index is 13.6. The van der Waals surface area contributed by atoms with Crippen molar-refractivity contribution in [2.24, 2.45) is 4.99 Å². The molecule has 2 aromatic carbocycles. The van der Waals surface area contributed by atoms with Crippen molar-refractivity contribution in [1.82, 2.24) is 0 Å². The van der Waals surface area contributed by atoms with Crippen LogP contribution in [0.15, 0.2) is 53.5 Å². The van der Waals surface area contributed by atoms with Gasteiger partial charge in [0.15, 0.2) is 0 Å². The normalized spacial score (nSPS) is 19.8. The van der Waals surface area contributed by atoms with Gasteiger partial charge in [-0.25, -0.2) is 4.39 Å². The van der Waals surface area contributed by atoms with Gasteiger partial charge in [0.1, 0.15) is 15.6 Å². The van der Waals surface area contributed by atoms with Crippen LogP contribution in [0.4, 0.5) is 15.8 Å². The number of rotatable bonds is 1. The largest absolute Gasteiger partial charge is 0.618 e. The minimum absolute atomic E-state index is 0.0700. The fourth-order valence-corrected chi connectivity index (χ4v) is 3.58. The molecule has 2 aromatic rings. The van der Waals surface area contributed by atoms with Gasteiger partial charge in [0, 0.05) is 12.1 Å². The quantitative estimate of drug-likeness (QED) is 0.239. The third-order valence-electron chi connectivity index (χ3n) is 3.78. The van der Waals surface area contributed by atoms with Gasteiger partial charge in [-0.05, 0) is 18.2 Å². The van der Waals surface area contributed by atoms with E-state index in [2.05, 4.69) is 27.6 Å². The number of amidine groups is 1. The van der Waals surface area contributed by atoms with Gasteiger partial charge in [-0.2, -0.15) is 4.74 Å². The zero-order valence-electron chi connectivity index (χ0n) is 11.4. The fourth-order valence-electron chi connectivity index (χ4n) is 2.82. The first-order valence-electron chi connectivity index (χ1n) is 6.84. The van der Waals surface area contributed by atoms with E-state index in [4.69, 9.17) is 0 Å². The molecule has 0 aromatic heterocycles. The summed E-state index contributed by atoms with van der Waals surface area (Å²) in [6.07, 6.45) is 0. The van der Waals surface area contributed by atoms with Crippen LogP contribution in [-0.2, 0) is 0 Å². The Hall–Kier alpha value is -1.96. The van der Waals surface area contributed by atoms with Crippen molar-refractivity contribution < 1.29 is 9.13 Å². The summed E-state index contributed by atoms with van der Waals surface area (Å²) in [6, 6.07) is 13.7. The third kappa shape index (κ3) is 1.93. The van der Waals surface area contributed by atoms with E-state index in [1.165, 1.54) is 18.2 Å². The Morgan fingerprint density at radius 3 is 2.77 bits per heavy atom. The van der Waals surface area contributed by atoms with Crippen LogP contribution in [0, 0.1) is 11.0 Å². The summed E-state index contributed by atoms with van der Waals surface area (Å²) in [7, 11) is 0. The summed E-state index contributed by atoms with van der Waals surface area (Å²) in [5.74, 6) is 0.254. The van der Waals surface area contributed by atoms with E-state index in [9.17, 15) is 9.60 Å². The van der Waals surface area contributed by atoms with Gasteiger partial charge in [0.05, 0.1) is 12.1 Å². The summed E-state index contributed by atoms with van der Waals surface area (Å²) in [5, 5.41) is 12.8. The van der Waals surface area contributed by atoms with Crippen LogP contribution in [-0.4, -0.2) is 26.9 Å². The van der Waals surface area contributed by atoms with Crippen molar-refractivity contribution in [3.63, 3.8) is 0 Å². The SMILES string of the molecule is [O-][N+]1=C(c2ccccc2)C2=NCC(I)N2c2cc(F)ccc21. The molecule has 110 valence electrons. The predicted molar refractivity (Wildman–Crippen MR) is 92.8 cm³/mol. The lowest BCUT2D eigenvalue weighted by molar-refractivity contribution is -0.358. The molecule has 2 aliphatic rings. The van der Waals surface area contributed by atoms with E-state index < -0.39 is 0 Å². The Kier molecular flexibility index (Phi) is 3.14. The zero-order valence-corrected chi connectivity index (χ0v) is 13.6. The molecule has 2 heterocycles. The molecule has 0 spiro atoms. The third-order valence-corrected chi connectivity index (χ3v) is 4.73. The first-order chi connectivity index (χ1) is 10.7. The Morgan fingerprint density at radius 1 is 1.23 bits per heavy atom. The number of halogens is 2. The van der Waals surface area contributed by atoms with Crippen LogP contribution in [0.5, 0.6) is 0 Å². The van der Waals surface area contributed by atoms with E-state index in [-0.39, 0.29) is 9.87 Å². The standard InChI is InChI=1S/C16H11FIN3O/c17-11-6-7-12-13(8-11)20-14(18)9-19-16(20)15(21(12)22)10-4-2-1-3-5-10/h1-8,14H,9H2. The Morgan fingerprint density at radius 2 is 2.00 bits per heavy atom. The summed E-state index contributed by atoms with van der Waals surface area (Å²) < 4.78 is 14.6. The monoisotopic (exact) mass is 407 g/mol. The lowest BCUT2D eigenvalue weighted by Crippen LogP contribution is -2.43. The molecular weight excluding hydrogens is 396 g/mol.